The predicted molar refractivity (Wildman–Crippen MR) is 90.9 cm³/mol. The van der Waals surface area contributed by atoms with E-state index in [9.17, 15) is 19.7 Å². The van der Waals surface area contributed by atoms with E-state index in [4.69, 9.17) is 0 Å². The number of amides is 1. The Labute approximate surface area is 139 Å². The summed E-state index contributed by atoms with van der Waals surface area (Å²) in [5.74, 6) is -0.915. The Hall–Kier alpha value is -3.02. The van der Waals surface area contributed by atoms with Crippen LogP contribution in [-0.4, -0.2) is 23.2 Å². The molecule has 0 heterocycles. The van der Waals surface area contributed by atoms with Crippen LogP contribution in [0.4, 0.5) is 5.69 Å². The minimum atomic E-state index is -0.802. The summed E-state index contributed by atoms with van der Waals surface area (Å²) in [7, 11) is 0. The second kappa shape index (κ2) is 7.50. The van der Waals surface area contributed by atoms with Gasteiger partial charge in [-0.05, 0) is 42.7 Å². The van der Waals surface area contributed by atoms with Gasteiger partial charge >= 0.3 is 0 Å². The van der Waals surface area contributed by atoms with Gasteiger partial charge in [0.1, 0.15) is 0 Å². The molecule has 0 radical (unpaired) electrons. The Morgan fingerprint density at radius 1 is 1.08 bits per heavy atom. The molecule has 0 aliphatic rings. The second-order valence-corrected chi connectivity index (χ2v) is 5.60. The number of nitrogens with one attached hydrogen (secondary N) is 1. The Bertz CT molecular complexity index is 799. The van der Waals surface area contributed by atoms with E-state index in [1.54, 1.807) is 18.2 Å². The molecule has 0 saturated heterocycles. The van der Waals surface area contributed by atoms with Crippen LogP contribution in [0.2, 0.25) is 0 Å². The summed E-state index contributed by atoms with van der Waals surface area (Å²) in [6.45, 7) is 3.17. The minimum Gasteiger partial charge on any atom is -0.325 e. The normalized spacial score (nSPS) is 10.2. The van der Waals surface area contributed by atoms with Crippen LogP contribution in [-0.2, 0) is 11.2 Å². The first-order valence-corrected chi connectivity index (χ1v) is 7.47. The van der Waals surface area contributed by atoms with Crippen molar-refractivity contribution in [2.75, 3.05) is 11.9 Å². The first-order valence-electron chi connectivity index (χ1n) is 7.47. The molecule has 1 amide bonds. The highest BCUT2D eigenvalue weighted by molar-refractivity contribution is 6.05. The van der Waals surface area contributed by atoms with Crippen LogP contribution in [0.15, 0.2) is 42.5 Å². The second-order valence-electron chi connectivity index (χ2n) is 5.60. The Morgan fingerprint density at radius 2 is 1.79 bits per heavy atom. The third kappa shape index (κ3) is 4.49. The molecule has 0 aromatic heterocycles. The highest BCUT2D eigenvalue weighted by Gasteiger charge is 2.17. The van der Waals surface area contributed by atoms with Crippen LogP contribution >= 0.6 is 0 Å². The molecule has 0 saturated carbocycles. The summed E-state index contributed by atoms with van der Waals surface area (Å²) >= 11 is 0. The standard InChI is InChI=1S/C18H18N2O4/c1-12-7-8-14(9-13(12)2)10-18(22)19-16-6-4-3-5-15(16)17(21)11-20(23)24/h3-9H,10-11H2,1-2H3,(H,19,22). The van der Waals surface area contributed by atoms with Crippen LogP contribution in [0.25, 0.3) is 0 Å². The van der Waals surface area contributed by atoms with E-state index in [0.717, 1.165) is 16.7 Å². The summed E-state index contributed by atoms with van der Waals surface area (Å²) in [6.07, 6.45) is 0.166. The molecule has 0 aliphatic carbocycles. The van der Waals surface area contributed by atoms with Crippen molar-refractivity contribution >= 4 is 17.4 Å². The zero-order chi connectivity index (χ0) is 17.7. The number of carbonyl (C=O) groups is 2. The van der Waals surface area contributed by atoms with Gasteiger partial charge in [0.15, 0.2) is 0 Å². The van der Waals surface area contributed by atoms with Crippen LogP contribution in [0.1, 0.15) is 27.0 Å². The average Bonchev–Trinajstić information content (AvgIpc) is 2.50. The molecule has 0 aliphatic heterocycles. The lowest BCUT2D eigenvalue weighted by Crippen LogP contribution is -2.19. The molecule has 0 bridgehead atoms. The van der Waals surface area contributed by atoms with Crippen LogP contribution in [0.3, 0.4) is 0 Å². The smallest absolute Gasteiger partial charge is 0.265 e. The number of carbonyl (C=O) groups excluding carboxylic acids is 2. The predicted octanol–water partition coefficient (Wildman–Crippen LogP) is 2.94. The van der Waals surface area contributed by atoms with Crippen molar-refractivity contribution in [2.24, 2.45) is 0 Å². The van der Waals surface area contributed by atoms with E-state index in [-0.39, 0.29) is 23.6 Å². The van der Waals surface area contributed by atoms with Crippen molar-refractivity contribution < 1.29 is 14.5 Å². The quantitative estimate of drug-likeness (QED) is 0.502. The fourth-order valence-electron chi connectivity index (χ4n) is 2.33. The monoisotopic (exact) mass is 326 g/mol. The van der Waals surface area contributed by atoms with Gasteiger partial charge in [-0.1, -0.05) is 30.3 Å². The molecule has 6 heteroatoms. The fourth-order valence-corrected chi connectivity index (χ4v) is 2.33. The van der Waals surface area contributed by atoms with E-state index in [1.807, 2.05) is 32.0 Å². The molecule has 0 fully saturated rings. The highest BCUT2D eigenvalue weighted by Crippen LogP contribution is 2.17. The number of Topliss-reactive ketones (excluding diaryl/α,β-unsaturated/α-hetero) is 1. The number of rotatable bonds is 6. The van der Waals surface area contributed by atoms with Gasteiger partial charge in [-0.3, -0.25) is 19.7 Å². The third-order valence-electron chi connectivity index (χ3n) is 3.71. The first-order chi connectivity index (χ1) is 11.4. The van der Waals surface area contributed by atoms with Crippen LogP contribution in [0.5, 0.6) is 0 Å². The van der Waals surface area contributed by atoms with Gasteiger partial charge in [-0.15, -0.1) is 0 Å². The summed E-state index contributed by atoms with van der Waals surface area (Å²) in [4.78, 5) is 34.0. The third-order valence-corrected chi connectivity index (χ3v) is 3.71. The number of nitrogens with zero attached hydrogens (tertiary/aromatic N) is 1. The number of hydrogen-bond acceptors (Lipinski definition) is 4. The summed E-state index contributed by atoms with van der Waals surface area (Å²) in [6, 6.07) is 12.1. The number of hydrogen-bond donors (Lipinski definition) is 1. The van der Waals surface area contributed by atoms with Crippen LogP contribution in [0, 0.1) is 24.0 Å². The maximum absolute atomic E-state index is 12.2. The topological polar surface area (TPSA) is 89.3 Å². The van der Waals surface area contributed by atoms with Crippen molar-refractivity contribution in [1.29, 1.82) is 0 Å². The molecule has 2 aromatic rings. The molecule has 2 rings (SSSR count). The fraction of sp³-hybridized carbons (Fsp3) is 0.222. The van der Waals surface area contributed by atoms with E-state index >= 15 is 0 Å². The summed E-state index contributed by atoms with van der Waals surface area (Å²) in [5.41, 5.74) is 3.54. The molecule has 0 spiro atoms. The number of ketones is 1. The average molecular weight is 326 g/mol. The molecule has 1 N–H and O–H groups in total. The van der Waals surface area contributed by atoms with Gasteiger partial charge in [0.25, 0.3) is 6.54 Å². The highest BCUT2D eigenvalue weighted by atomic mass is 16.6. The van der Waals surface area contributed by atoms with Gasteiger partial charge in [0, 0.05) is 10.5 Å². The SMILES string of the molecule is Cc1ccc(CC(=O)Nc2ccccc2C(=O)C[N+](=O)[O-])cc1C. The van der Waals surface area contributed by atoms with Gasteiger partial charge in [0.2, 0.25) is 11.7 Å². The summed E-state index contributed by atoms with van der Waals surface area (Å²) < 4.78 is 0. The Kier molecular flexibility index (Phi) is 5.42. The van der Waals surface area contributed by atoms with Crippen molar-refractivity contribution in [2.45, 2.75) is 20.3 Å². The molecular formula is C18H18N2O4. The molecule has 6 nitrogen and oxygen atoms in total. The van der Waals surface area contributed by atoms with E-state index < -0.39 is 17.3 Å². The molecule has 0 atom stereocenters. The van der Waals surface area contributed by atoms with Gasteiger partial charge in [-0.2, -0.15) is 0 Å². The first kappa shape index (κ1) is 17.3. The van der Waals surface area contributed by atoms with Crippen LogP contribution < -0.4 is 5.32 Å². The van der Waals surface area contributed by atoms with Gasteiger partial charge in [0.05, 0.1) is 12.1 Å². The number of aryl methyl sites for hydroxylation is 2. The van der Waals surface area contributed by atoms with Crippen molar-refractivity contribution in [3.8, 4) is 0 Å². The summed E-state index contributed by atoms with van der Waals surface area (Å²) in [5, 5.41) is 13.2. The number of anilines is 1. The van der Waals surface area contributed by atoms with E-state index in [0.29, 0.717) is 0 Å². The number of para-hydroxylation sites is 1. The number of benzene rings is 2. The maximum Gasteiger partial charge on any atom is 0.265 e. The minimum absolute atomic E-state index is 0.141. The van der Waals surface area contributed by atoms with Crippen molar-refractivity contribution in [3.05, 3.63) is 74.8 Å². The zero-order valence-corrected chi connectivity index (χ0v) is 13.5. The zero-order valence-electron chi connectivity index (χ0n) is 13.5. The van der Waals surface area contributed by atoms with Crippen molar-refractivity contribution in [1.82, 2.24) is 0 Å². The number of nitro groups is 1. The molecular weight excluding hydrogens is 308 g/mol. The molecule has 2 aromatic carbocycles. The van der Waals surface area contributed by atoms with E-state index in [1.165, 1.54) is 6.07 Å². The molecule has 0 unspecified atom stereocenters. The maximum atomic E-state index is 12.2. The van der Waals surface area contributed by atoms with Crippen molar-refractivity contribution in [3.63, 3.8) is 0 Å². The largest absolute Gasteiger partial charge is 0.325 e. The molecule has 124 valence electrons. The lowest BCUT2D eigenvalue weighted by molar-refractivity contribution is -0.465. The van der Waals surface area contributed by atoms with Gasteiger partial charge < -0.3 is 5.32 Å². The van der Waals surface area contributed by atoms with E-state index in [2.05, 4.69) is 5.32 Å². The Balaban J connectivity index is 2.12. The van der Waals surface area contributed by atoms with Gasteiger partial charge in [-0.25, -0.2) is 0 Å². The lowest BCUT2D eigenvalue weighted by atomic mass is 10.0. The lowest BCUT2D eigenvalue weighted by Gasteiger charge is -2.10. The Morgan fingerprint density at radius 3 is 2.46 bits per heavy atom. The molecule has 24 heavy (non-hydrogen) atoms.